The van der Waals surface area contributed by atoms with Gasteiger partial charge in [-0.2, -0.15) is 0 Å². The molecule has 0 N–H and O–H groups in total. The third kappa shape index (κ3) is 8.14. The first-order chi connectivity index (χ1) is 11.3. The van der Waals surface area contributed by atoms with Crippen molar-refractivity contribution in [1.82, 2.24) is 0 Å². The highest BCUT2D eigenvalue weighted by atomic mass is 16.6. The molecule has 0 amide bonds. The fraction of sp³-hybridized carbons (Fsp3) is 0.800. The second kappa shape index (κ2) is 11.0. The molecule has 2 rings (SSSR count). The van der Waals surface area contributed by atoms with Gasteiger partial charge in [0.2, 0.25) is 0 Å². The van der Waals surface area contributed by atoms with Crippen molar-refractivity contribution < 1.29 is 14.2 Å². The van der Waals surface area contributed by atoms with Crippen molar-refractivity contribution in [3.8, 4) is 0 Å². The minimum atomic E-state index is 0.0751. The van der Waals surface area contributed by atoms with Crippen LogP contribution in [0.1, 0.15) is 65.2 Å². The number of rotatable bonds is 14. The molecule has 2 fully saturated rings. The van der Waals surface area contributed by atoms with E-state index in [1.165, 1.54) is 38.5 Å². The highest BCUT2D eigenvalue weighted by Gasteiger charge is 2.38. The maximum absolute atomic E-state index is 6.29. The van der Waals surface area contributed by atoms with Gasteiger partial charge in [0, 0.05) is 0 Å². The molecule has 0 aromatic rings. The van der Waals surface area contributed by atoms with Crippen LogP contribution in [0, 0.1) is 0 Å². The third-order valence-electron chi connectivity index (χ3n) is 4.37. The second-order valence-corrected chi connectivity index (χ2v) is 6.66. The van der Waals surface area contributed by atoms with E-state index < -0.39 is 0 Å². The van der Waals surface area contributed by atoms with Gasteiger partial charge in [-0.15, -0.1) is 0 Å². The highest BCUT2D eigenvalue weighted by molar-refractivity contribution is 5.03. The third-order valence-corrected chi connectivity index (χ3v) is 4.37. The highest BCUT2D eigenvalue weighted by Crippen LogP contribution is 2.25. The molecular weight excluding hydrogens is 288 g/mol. The Hall–Kier alpha value is -0.640. The van der Waals surface area contributed by atoms with Crippen LogP contribution in [0.3, 0.4) is 0 Å². The standard InChI is InChI=1S/C20H34O3/c1-3-5-7-9-11-13-17(19-15-21-19)23-18(20-16-22-20)14-12-10-8-6-4-2/h11-14,17-20H,3-10,15-16H2,1-2H3. The van der Waals surface area contributed by atoms with Crippen molar-refractivity contribution >= 4 is 0 Å². The van der Waals surface area contributed by atoms with Gasteiger partial charge in [0.05, 0.1) is 13.2 Å². The lowest BCUT2D eigenvalue weighted by molar-refractivity contribution is 0.0113. The summed E-state index contributed by atoms with van der Waals surface area (Å²) in [6, 6.07) is 0. The van der Waals surface area contributed by atoms with E-state index in [-0.39, 0.29) is 24.4 Å². The van der Waals surface area contributed by atoms with Crippen LogP contribution in [0.5, 0.6) is 0 Å². The molecule has 3 nitrogen and oxygen atoms in total. The first kappa shape index (κ1) is 18.7. The Morgan fingerprint density at radius 2 is 1.26 bits per heavy atom. The van der Waals surface area contributed by atoms with Crippen molar-refractivity contribution in [3.05, 3.63) is 24.3 Å². The van der Waals surface area contributed by atoms with Gasteiger partial charge in [0.25, 0.3) is 0 Å². The summed E-state index contributed by atoms with van der Waals surface area (Å²) in [5.41, 5.74) is 0. The number of ether oxygens (including phenoxy) is 3. The first-order valence-corrected chi connectivity index (χ1v) is 9.57. The summed E-state index contributed by atoms with van der Waals surface area (Å²) in [5.74, 6) is 0. The molecule has 4 unspecified atom stereocenters. The lowest BCUT2D eigenvalue weighted by atomic mass is 10.1. The van der Waals surface area contributed by atoms with Crippen molar-refractivity contribution in [2.24, 2.45) is 0 Å². The summed E-state index contributed by atoms with van der Waals surface area (Å²) in [6.07, 6.45) is 19.5. The zero-order chi connectivity index (χ0) is 16.3. The van der Waals surface area contributed by atoms with E-state index in [1.54, 1.807) is 0 Å². The average Bonchev–Trinajstić information content (AvgIpc) is 3.43. The van der Waals surface area contributed by atoms with Crippen molar-refractivity contribution in [1.29, 1.82) is 0 Å². The maximum atomic E-state index is 6.29. The van der Waals surface area contributed by atoms with Gasteiger partial charge < -0.3 is 14.2 Å². The van der Waals surface area contributed by atoms with E-state index in [4.69, 9.17) is 14.2 Å². The summed E-state index contributed by atoms with van der Waals surface area (Å²) in [7, 11) is 0. The average molecular weight is 322 g/mol. The van der Waals surface area contributed by atoms with E-state index in [0.717, 1.165) is 26.1 Å². The van der Waals surface area contributed by atoms with Crippen LogP contribution in [0.25, 0.3) is 0 Å². The van der Waals surface area contributed by atoms with Crippen LogP contribution in [-0.2, 0) is 14.2 Å². The van der Waals surface area contributed by atoms with Gasteiger partial charge >= 0.3 is 0 Å². The molecular formula is C20H34O3. The SMILES string of the molecule is CCCCCC=CC(OC(C=CCCCCC)C1CO1)C1CO1. The zero-order valence-corrected chi connectivity index (χ0v) is 14.9. The molecule has 2 heterocycles. The molecule has 0 bridgehead atoms. The summed E-state index contributed by atoms with van der Waals surface area (Å²) < 4.78 is 17.2. The summed E-state index contributed by atoms with van der Waals surface area (Å²) >= 11 is 0. The predicted molar refractivity (Wildman–Crippen MR) is 94.7 cm³/mol. The molecule has 2 aliphatic heterocycles. The lowest BCUT2D eigenvalue weighted by Crippen LogP contribution is -2.27. The zero-order valence-electron chi connectivity index (χ0n) is 14.9. The number of unbranched alkanes of at least 4 members (excludes halogenated alkanes) is 6. The molecule has 132 valence electrons. The normalized spacial score (nSPS) is 26.0. The molecule has 0 saturated carbocycles. The minimum absolute atomic E-state index is 0.0751. The van der Waals surface area contributed by atoms with E-state index in [9.17, 15) is 0 Å². The van der Waals surface area contributed by atoms with E-state index in [0.29, 0.717) is 0 Å². The fourth-order valence-electron chi connectivity index (χ4n) is 2.67. The number of hydrogen-bond donors (Lipinski definition) is 0. The number of epoxide rings is 2. The molecule has 0 aromatic carbocycles. The van der Waals surface area contributed by atoms with Gasteiger partial charge in [-0.05, 0) is 25.7 Å². The van der Waals surface area contributed by atoms with E-state index >= 15 is 0 Å². The van der Waals surface area contributed by atoms with Crippen LogP contribution < -0.4 is 0 Å². The Morgan fingerprint density at radius 3 is 1.61 bits per heavy atom. The van der Waals surface area contributed by atoms with E-state index in [2.05, 4.69) is 38.2 Å². The van der Waals surface area contributed by atoms with Crippen LogP contribution in [0.2, 0.25) is 0 Å². The molecule has 0 aliphatic carbocycles. The van der Waals surface area contributed by atoms with Crippen molar-refractivity contribution in [3.63, 3.8) is 0 Å². The topological polar surface area (TPSA) is 34.3 Å². The molecule has 2 aliphatic rings. The fourth-order valence-corrected chi connectivity index (χ4v) is 2.67. The Kier molecular flexibility index (Phi) is 8.95. The van der Waals surface area contributed by atoms with Gasteiger partial charge in [0.15, 0.2) is 0 Å². The Labute approximate surface area is 142 Å². The minimum Gasteiger partial charge on any atom is -0.370 e. The van der Waals surface area contributed by atoms with Gasteiger partial charge in [-0.1, -0.05) is 63.8 Å². The molecule has 2 saturated heterocycles. The monoisotopic (exact) mass is 322 g/mol. The van der Waals surface area contributed by atoms with Gasteiger partial charge in [-0.3, -0.25) is 0 Å². The van der Waals surface area contributed by atoms with Crippen LogP contribution in [0.15, 0.2) is 24.3 Å². The Morgan fingerprint density at radius 1 is 0.826 bits per heavy atom. The first-order valence-electron chi connectivity index (χ1n) is 9.57. The molecule has 0 radical (unpaired) electrons. The van der Waals surface area contributed by atoms with Gasteiger partial charge in [0.1, 0.15) is 24.4 Å². The lowest BCUT2D eigenvalue weighted by Gasteiger charge is -2.18. The predicted octanol–water partition coefficient (Wildman–Crippen LogP) is 4.81. The molecule has 4 atom stereocenters. The maximum Gasteiger partial charge on any atom is 0.111 e. The molecule has 0 spiro atoms. The molecule has 3 heteroatoms. The Balaban J connectivity index is 1.76. The smallest absolute Gasteiger partial charge is 0.111 e. The van der Waals surface area contributed by atoms with Crippen LogP contribution in [-0.4, -0.2) is 37.6 Å². The Bertz CT molecular complexity index is 322. The summed E-state index contributed by atoms with van der Waals surface area (Å²) in [4.78, 5) is 0. The van der Waals surface area contributed by atoms with Crippen molar-refractivity contribution in [2.45, 2.75) is 89.6 Å². The van der Waals surface area contributed by atoms with Gasteiger partial charge in [-0.25, -0.2) is 0 Å². The summed E-state index contributed by atoms with van der Waals surface area (Å²) in [5, 5.41) is 0. The second-order valence-electron chi connectivity index (χ2n) is 6.66. The molecule has 0 aromatic heterocycles. The largest absolute Gasteiger partial charge is 0.370 e. The van der Waals surface area contributed by atoms with Crippen LogP contribution >= 0.6 is 0 Å². The quantitative estimate of drug-likeness (QED) is 0.261. The van der Waals surface area contributed by atoms with E-state index in [1.807, 2.05) is 0 Å². The van der Waals surface area contributed by atoms with Crippen LogP contribution in [0.4, 0.5) is 0 Å². The summed E-state index contributed by atoms with van der Waals surface area (Å²) in [6.45, 7) is 6.12. The number of allylic oxidation sites excluding steroid dienone is 2. The molecule has 23 heavy (non-hydrogen) atoms. The number of hydrogen-bond acceptors (Lipinski definition) is 3. The van der Waals surface area contributed by atoms with Crippen molar-refractivity contribution in [2.75, 3.05) is 13.2 Å².